The van der Waals surface area contributed by atoms with E-state index in [0.717, 1.165) is 35.2 Å². The summed E-state index contributed by atoms with van der Waals surface area (Å²) in [5, 5.41) is 0. The zero-order chi connectivity index (χ0) is 21.3. The molecule has 0 spiro atoms. The number of benzene rings is 2. The van der Waals surface area contributed by atoms with Gasteiger partial charge in [-0.05, 0) is 42.8 Å². The SMILES string of the molecule is CCCCCOc1cccc(C(=O)N=c2sc3cc(OC)ccc3n2CCOC)c1. The minimum Gasteiger partial charge on any atom is -0.497 e. The fourth-order valence-electron chi connectivity index (χ4n) is 3.08. The van der Waals surface area contributed by atoms with Crippen LogP contribution in [0, 0.1) is 0 Å². The number of rotatable bonds is 10. The summed E-state index contributed by atoms with van der Waals surface area (Å²) in [6, 6.07) is 13.1. The van der Waals surface area contributed by atoms with E-state index in [2.05, 4.69) is 11.9 Å². The van der Waals surface area contributed by atoms with Crippen LogP contribution in [-0.4, -0.2) is 37.9 Å². The number of ether oxygens (including phenoxy) is 3. The lowest BCUT2D eigenvalue weighted by Crippen LogP contribution is -2.19. The molecule has 1 aromatic heterocycles. The van der Waals surface area contributed by atoms with Gasteiger partial charge in [-0.2, -0.15) is 4.99 Å². The van der Waals surface area contributed by atoms with Crippen LogP contribution < -0.4 is 14.3 Å². The van der Waals surface area contributed by atoms with Gasteiger partial charge in [0.2, 0.25) is 0 Å². The molecule has 2 aromatic carbocycles. The quantitative estimate of drug-likeness (QED) is 0.440. The molecule has 0 saturated carbocycles. The number of carbonyl (C=O) groups is 1. The number of nitrogens with zero attached hydrogens (tertiary/aromatic N) is 2. The van der Waals surface area contributed by atoms with Crippen LogP contribution in [0.1, 0.15) is 36.5 Å². The molecule has 6 nitrogen and oxygen atoms in total. The van der Waals surface area contributed by atoms with E-state index in [1.807, 2.05) is 34.9 Å². The summed E-state index contributed by atoms with van der Waals surface area (Å²) in [6.45, 7) is 3.94. The Labute approximate surface area is 180 Å². The number of fused-ring (bicyclic) bond motifs is 1. The van der Waals surface area contributed by atoms with Crippen LogP contribution >= 0.6 is 11.3 Å². The summed E-state index contributed by atoms with van der Waals surface area (Å²) in [6.07, 6.45) is 3.28. The first-order valence-electron chi connectivity index (χ1n) is 10.1. The van der Waals surface area contributed by atoms with Gasteiger partial charge in [-0.25, -0.2) is 0 Å². The van der Waals surface area contributed by atoms with Crippen molar-refractivity contribution < 1.29 is 19.0 Å². The average Bonchev–Trinajstić information content (AvgIpc) is 3.11. The van der Waals surface area contributed by atoms with Crippen molar-refractivity contribution >= 4 is 27.5 Å². The van der Waals surface area contributed by atoms with Crippen LogP contribution in [-0.2, 0) is 11.3 Å². The predicted molar refractivity (Wildman–Crippen MR) is 120 cm³/mol. The molecule has 7 heteroatoms. The van der Waals surface area contributed by atoms with Gasteiger partial charge in [0.05, 0.1) is 30.5 Å². The molecule has 0 saturated heterocycles. The van der Waals surface area contributed by atoms with Gasteiger partial charge in [-0.1, -0.05) is 37.2 Å². The molecular weight excluding hydrogens is 400 g/mol. The van der Waals surface area contributed by atoms with Crippen LogP contribution in [0.25, 0.3) is 10.2 Å². The smallest absolute Gasteiger partial charge is 0.279 e. The summed E-state index contributed by atoms with van der Waals surface area (Å²) in [5.41, 5.74) is 1.51. The van der Waals surface area contributed by atoms with Crippen molar-refractivity contribution in [2.75, 3.05) is 27.4 Å². The molecule has 1 amide bonds. The predicted octanol–water partition coefficient (Wildman–Crippen LogP) is 4.67. The van der Waals surface area contributed by atoms with Gasteiger partial charge < -0.3 is 18.8 Å². The van der Waals surface area contributed by atoms with Crippen LogP contribution in [0.15, 0.2) is 47.5 Å². The molecule has 3 aromatic rings. The van der Waals surface area contributed by atoms with E-state index in [1.54, 1.807) is 26.4 Å². The van der Waals surface area contributed by atoms with Crippen LogP contribution in [0.2, 0.25) is 0 Å². The lowest BCUT2D eigenvalue weighted by molar-refractivity contribution is 0.0997. The van der Waals surface area contributed by atoms with Crippen molar-refractivity contribution in [3.63, 3.8) is 0 Å². The number of hydrogen-bond donors (Lipinski definition) is 0. The third-order valence-corrected chi connectivity index (χ3v) is 5.74. The van der Waals surface area contributed by atoms with E-state index < -0.39 is 0 Å². The molecule has 1 heterocycles. The zero-order valence-electron chi connectivity index (χ0n) is 17.7. The Kier molecular flexibility index (Phi) is 8.04. The number of carbonyl (C=O) groups excluding carboxylic acids is 1. The lowest BCUT2D eigenvalue weighted by Gasteiger charge is -2.07. The van der Waals surface area contributed by atoms with Crippen molar-refractivity contribution in [3.8, 4) is 11.5 Å². The fourth-order valence-corrected chi connectivity index (χ4v) is 4.16. The van der Waals surface area contributed by atoms with Crippen LogP contribution in [0.3, 0.4) is 0 Å². The molecule has 0 atom stereocenters. The highest BCUT2D eigenvalue weighted by molar-refractivity contribution is 7.16. The second-order valence-corrected chi connectivity index (χ2v) is 7.87. The summed E-state index contributed by atoms with van der Waals surface area (Å²) in [5.74, 6) is 1.17. The summed E-state index contributed by atoms with van der Waals surface area (Å²) in [4.78, 5) is 17.9. The van der Waals surface area contributed by atoms with Crippen molar-refractivity contribution in [2.24, 2.45) is 4.99 Å². The second-order valence-electron chi connectivity index (χ2n) is 6.86. The highest BCUT2D eigenvalue weighted by Gasteiger charge is 2.11. The highest BCUT2D eigenvalue weighted by Crippen LogP contribution is 2.23. The van der Waals surface area contributed by atoms with Gasteiger partial charge in [0.1, 0.15) is 11.5 Å². The summed E-state index contributed by atoms with van der Waals surface area (Å²) in [7, 11) is 3.30. The molecule has 3 rings (SSSR count). The number of thiazole rings is 1. The van der Waals surface area contributed by atoms with E-state index in [4.69, 9.17) is 14.2 Å². The molecule has 0 aliphatic rings. The Morgan fingerprint density at radius 1 is 1.07 bits per heavy atom. The molecule has 0 fully saturated rings. The molecule has 30 heavy (non-hydrogen) atoms. The van der Waals surface area contributed by atoms with Crippen molar-refractivity contribution in [1.82, 2.24) is 4.57 Å². The van der Waals surface area contributed by atoms with Gasteiger partial charge in [0, 0.05) is 19.2 Å². The average molecular weight is 429 g/mol. The fraction of sp³-hybridized carbons (Fsp3) is 0.391. The zero-order valence-corrected chi connectivity index (χ0v) is 18.5. The molecular formula is C23H28N2O4S. The van der Waals surface area contributed by atoms with E-state index in [0.29, 0.717) is 35.9 Å². The van der Waals surface area contributed by atoms with E-state index in [-0.39, 0.29) is 5.91 Å². The first-order valence-corrected chi connectivity index (χ1v) is 11.0. The monoisotopic (exact) mass is 428 g/mol. The van der Waals surface area contributed by atoms with E-state index in [9.17, 15) is 4.79 Å². The number of methoxy groups -OCH3 is 2. The normalized spacial score (nSPS) is 11.8. The first kappa shape index (κ1) is 22.1. The maximum Gasteiger partial charge on any atom is 0.279 e. The van der Waals surface area contributed by atoms with Gasteiger partial charge in [0.25, 0.3) is 5.91 Å². The lowest BCUT2D eigenvalue weighted by atomic mass is 10.2. The number of unbranched alkanes of at least 4 members (excludes halogenated alkanes) is 2. The summed E-state index contributed by atoms with van der Waals surface area (Å²) >= 11 is 1.46. The first-order chi connectivity index (χ1) is 14.7. The molecule has 0 unspecified atom stereocenters. The van der Waals surface area contributed by atoms with Gasteiger partial charge in [-0.3, -0.25) is 4.79 Å². The Bertz CT molecular complexity index is 1050. The van der Waals surface area contributed by atoms with Crippen LogP contribution in [0.4, 0.5) is 0 Å². The maximum atomic E-state index is 12.9. The molecule has 0 N–H and O–H groups in total. The third-order valence-electron chi connectivity index (χ3n) is 4.70. The van der Waals surface area contributed by atoms with Gasteiger partial charge in [-0.15, -0.1) is 0 Å². The standard InChI is InChI=1S/C23H28N2O4S/c1-4-5-6-13-29-19-9-7-8-17(15-19)22(26)24-23-25(12-14-27-2)20-11-10-18(28-3)16-21(20)30-23/h7-11,15-16H,4-6,12-14H2,1-3H3. The second kappa shape index (κ2) is 10.9. The van der Waals surface area contributed by atoms with Crippen molar-refractivity contribution in [1.29, 1.82) is 0 Å². The molecule has 0 bridgehead atoms. The largest absolute Gasteiger partial charge is 0.497 e. The van der Waals surface area contributed by atoms with Crippen molar-refractivity contribution in [3.05, 3.63) is 52.8 Å². The molecule has 160 valence electrons. The molecule has 0 aliphatic carbocycles. The Morgan fingerprint density at radius 2 is 1.93 bits per heavy atom. The topological polar surface area (TPSA) is 62.0 Å². The third kappa shape index (κ3) is 5.49. The Balaban J connectivity index is 1.90. The Morgan fingerprint density at radius 3 is 2.70 bits per heavy atom. The number of aromatic nitrogens is 1. The maximum absolute atomic E-state index is 12.9. The minimum atomic E-state index is -0.293. The van der Waals surface area contributed by atoms with Crippen molar-refractivity contribution in [2.45, 2.75) is 32.7 Å². The molecule has 0 aliphatic heterocycles. The highest BCUT2D eigenvalue weighted by atomic mass is 32.1. The number of hydrogen-bond acceptors (Lipinski definition) is 5. The molecule has 0 radical (unpaired) electrons. The summed E-state index contributed by atoms with van der Waals surface area (Å²) < 4.78 is 19.3. The van der Waals surface area contributed by atoms with E-state index >= 15 is 0 Å². The minimum absolute atomic E-state index is 0.293. The van der Waals surface area contributed by atoms with Crippen LogP contribution in [0.5, 0.6) is 11.5 Å². The van der Waals surface area contributed by atoms with Gasteiger partial charge >= 0.3 is 0 Å². The van der Waals surface area contributed by atoms with Gasteiger partial charge in [0.15, 0.2) is 4.80 Å². The number of amides is 1. The van der Waals surface area contributed by atoms with E-state index in [1.165, 1.54) is 11.3 Å². The Hall–Kier alpha value is -2.64.